The van der Waals surface area contributed by atoms with Crippen molar-refractivity contribution >= 4 is 5.91 Å². The lowest BCUT2D eigenvalue weighted by atomic mass is 9.61. The number of aromatic nitrogens is 2. The molecule has 2 aromatic rings. The fourth-order valence-corrected chi connectivity index (χ4v) is 4.03. The van der Waals surface area contributed by atoms with Crippen molar-refractivity contribution in [3.63, 3.8) is 0 Å². The predicted molar refractivity (Wildman–Crippen MR) is 85.1 cm³/mol. The third-order valence-corrected chi connectivity index (χ3v) is 5.33. The van der Waals surface area contributed by atoms with Gasteiger partial charge in [-0.1, -0.05) is 36.8 Å². The van der Waals surface area contributed by atoms with Crippen molar-refractivity contribution in [3.8, 4) is 5.88 Å². The van der Waals surface area contributed by atoms with Crippen LogP contribution in [0.2, 0.25) is 0 Å². The summed E-state index contributed by atoms with van der Waals surface area (Å²) >= 11 is 0. The molecule has 1 aliphatic heterocycles. The Kier molecular flexibility index (Phi) is 3.29. The Hall–Kier alpha value is -2.43. The fourth-order valence-electron chi connectivity index (χ4n) is 4.03. The molecule has 0 bridgehead atoms. The molecule has 1 saturated carbocycles. The number of hydrogen-bond donors (Lipinski definition) is 1. The van der Waals surface area contributed by atoms with Crippen LogP contribution in [0.15, 0.2) is 42.7 Å². The van der Waals surface area contributed by atoms with Gasteiger partial charge in [0.15, 0.2) is 5.69 Å². The first-order valence-electron chi connectivity index (χ1n) is 8.03. The van der Waals surface area contributed by atoms with Gasteiger partial charge in [-0.3, -0.25) is 9.78 Å². The first-order chi connectivity index (χ1) is 11.2. The Labute approximate surface area is 135 Å². The molecule has 1 aromatic carbocycles. The van der Waals surface area contributed by atoms with Crippen molar-refractivity contribution in [1.82, 2.24) is 14.9 Å². The fraction of sp³-hybridized carbons (Fsp3) is 0.389. The minimum atomic E-state index is -0.215. The first kappa shape index (κ1) is 14.2. The summed E-state index contributed by atoms with van der Waals surface area (Å²) in [6.45, 7) is 1.48. The largest absolute Gasteiger partial charge is 0.492 e. The number of rotatable bonds is 2. The van der Waals surface area contributed by atoms with Crippen LogP contribution in [0.1, 0.15) is 41.2 Å². The van der Waals surface area contributed by atoms with Gasteiger partial charge in [0.2, 0.25) is 5.88 Å². The normalized spacial score (nSPS) is 22.1. The van der Waals surface area contributed by atoms with E-state index in [1.54, 1.807) is 0 Å². The van der Waals surface area contributed by atoms with Crippen LogP contribution in [-0.2, 0) is 0 Å². The van der Waals surface area contributed by atoms with Gasteiger partial charge in [-0.25, -0.2) is 4.98 Å². The highest BCUT2D eigenvalue weighted by Gasteiger charge is 2.52. The number of carbonyl (C=O) groups is 1. The summed E-state index contributed by atoms with van der Waals surface area (Å²) in [5.74, 6) is 0.0257. The molecule has 1 aliphatic carbocycles. The smallest absolute Gasteiger partial charge is 0.274 e. The van der Waals surface area contributed by atoms with E-state index in [9.17, 15) is 9.90 Å². The highest BCUT2D eigenvalue weighted by Crippen LogP contribution is 2.55. The topological polar surface area (TPSA) is 66.3 Å². The van der Waals surface area contributed by atoms with Crippen LogP contribution in [0, 0.1) is 5.41 Å². The zero-order chi connectivity index (χ0) is 15.9. The second-order valence-corrected chi connectivity index (χ2v) is 6.63. The molecule has 5 heteroatoms. The Morgan fingerprint density at radius 1 is 1.22 bits per heavy atom. The number of aromatic hydroxyl groups is 1. The van der Waals surface area contributed by atoms with Crippen molar-refractivity contribution in [3.05, 3.63) is 54.0 Å². The number of carbonyl (C=O) groups excluding carboxylic acids is 1. The lowest BCUT2D eigenvalue weighted by molar-refractivity contribution is 0.0718. The van der Waals surface area contributed by atoms with Crippen molar-refractivity contribution in [1.29, 1.82) is 0 Å². The van der Waals surface area contributed by atoms with E-state index in [0.717, 1.165) is 6.54 Å². The van der Waals surface area contributed by atoms with E-state index >= 15 is 0 Å². The Balaban J connectivity index is 1.61. The van der Waals surface area contributed by atoms with Crippen LogP contribution in [0.25, 0.3) is 0 Å². The molecular formula is C18H19N3O2. The van der Waals surface area contributed by atoms with Gasteiger partial charge >= 0.3 is 0 Å². The molecule has 1 amide bonds. The summed E-state index contributed by atoms with van der Waals surface area (Å²) in [4.78, 5) is 22.4. The van der Waals surface area contributed by atoms with E-state index in [-0.39, 0.29) is 22.9 Å². The Morgan fingerprint density at radius 2 is 2.00 bits per heavy atom. The molecule has 1 atom stereocenters. The summed E-state index contributed by atoms with van der Waals surface area (Å²) < 4.78 is 0. The molecular weight excluding hydrogens is 290 g/mol. The summed E-state index contributed by atoms with van der Waals surface area (Å²) in [6.07, 6.45) is 6.23. The molecule has 1 aromatic heterocycles. The molecule has 1 N–H and O–H groups in total. The van der Waals surface area contributed by atoms with Gasteiger partial charge in [-0.2, -0.15) is 0 Å². The van der Waals surface area contributed by atoms with Crippen molar-refractivity contribution < 1.29 is 9.90 Å². The molecule has 2 aliphatic rings. The number of amides is 1. The average molecular weight is 309 g/mol. The molecule has 1 spiro atoms. The summed E-state index contributed by atoms with van der Waals surface area (Å²) in [5, 5.41) is 9.45. The van der Waals surface area contributed by atoms with Crippen LogP contribution in [0.3, 0.4) is 0 Å². The van der Waals surface area contributed by atoms with Gasteiger partial charge in [0.25, 0.3) is 5.91 Å². The monoisotopic (exact) mass is 309 g/mol. The molecule has 23 heavy (non-hydrogen) atoms. The van der Waals surface area contributed by atoms with Gasteiger partial charge in [0.05, 0.1) is 12.4 Å². The number of hydrogen-bond acceptors (Lipinski definition) is 4. The number of nitrogens with zero attached hydrogens (tertiary/aromatic N) is 3. The van der Waals surface area contributed by atoms with Crippen LogP contribution in [0.5, 0.6) is 5.88 Å². The number of benzene rings is 1. The van der Waals surface area contributed by atoms with Gasteiger partial charge in [-0.05, 0) is 23.8 Å². The second-order valence-electron chi connectivity index (χ2n) is 6.63. The van der Waals surface area contributed by atoms with Crippen molar-refractivity contribution in [2.24, 2.45) is 5.41 Å². The standard InChI is InChI=1S/C18H19N3O2/c22-16-10-19-9-15(20-16)17(23)21-11-14(13-5-2-1-3-6-13)18(12-21)7-4-8-18/h1-3,5-6,9-10,14H,4,7-8,11-12H2,(H,20,22). The molecule has 1 saturated heterocycles. The Morgan fingerprint density at radius 3 is 2.65 bits per heavy atom. The van der Waals surface area contributed by atoms with E-state index < -0.39 is 0 Å². The quantitative estimate of drug-likeness (QED) is 0.926. The van der Waals surface area contributed by atoms with Crippen molar-refractivity contribution in [2.45, 2.75) is 25.2 Å². The van der Waals surface area contributed by atoms with E-state index in [2.05, 4.69) is 34.2 Å². The molecule has 118 valence electrons. The highest BCUT2D eigenvalue weighted by atomic mass is 16.3. The summed E-state index contributed by atoms with van der Waals surface area (Å²) in [6, 6.07) is 10.5. The third kappa shape index (κ3) is 2.36. The molecule has 1 unspecified atom stereocenters. The summed E-state index contributed by atoms with van der Waals surface area (Å²) in [5.41, 5.74) is 1.74. The second kappa shape index (κ2) is 5.33. The maximum absolute atomic E-state index is 12.7. The van der Waals surface area contributed by atoms with E-state index in [4.69, 9.17) is 0 Å². The Bertz CT molecular complexity index is 728. The molecule has 4 rings (SSSR count). The molecule has 0 radical (unpaired) electrons. The third-order valence-electron chi connectivity index (χ3n) is 5.33. The van der Waals surface area contributed by atoms with Gasteiger partial charge in [-0.15, -0.1) is 0 Å². The van der Waals surface area contributed by atoms with Crippen LogP contribution in [-0.4, -0.2) is 39.0 Å². The first-order valence-corrected chi connectivity index (χ1v) is 8.03. The van der Waals surface area contributed by atoms with Crippen LogP contribution < -0.4 is 0 Å². The minimum Gasteiger partial charge on any atom is -0.492 e. The lowest BCUT2D eigenvalue weighted by Gasteiger charge is -2.43. The van der Waals surface area contributed by atoms with Gasteiger partial charge in [0.1, 0.15) is 0 Å². The van der Waals surface area contributed by atoms with E-state index in [1.807, 2.05) is 11.0 Å². The predicted octanol–water partition coefficient (Wildman–Crippen LogP) is 2.59. The zero-order valence-corrected chi connectivity index (χ0v) is 12.9. The van der Waals surface area contributed by atoms with Crippen LogP contribution in [0.4, 0.5) is 0 Å². The minimum absolute atomic E-state index is 0.141. The maximum Gasteiger partial charge on any atom is 0.274 e. The molecule has 2 heterocycles. The summed E-state index contributed by atoms with van der Waals surface area (Å²) in [7, 11) is 0. The zero-order valence-electron chi connectivity index (χ0n) is 12.9. The van der Waals surface area contributed by atoms with E-state index in [0.29, 0.717) is 12.5 Å². The lowest BCUT2D eigenvalue weighted by Crippen LogP contribution is -2.37. The molecule has 5 nitrogen and oxygen atoms in total. The number of likely N-dealkylation sites (tertiary alicyclic amines) is 1. The molecule has 2 fully saturated rings. The maximum atomic E-state index is 12.7. The SMILES string of the molecule is O=C(c1cncc(O)n1)N1CC(c2ccccc2)C2(CCC2)C1. The van der Waals surface area contributed by atoms with Crippen molar-refractivity contribution in [2.75, 3.05) is 13.1 Å². The van der Waals surface area contributed by atoms with E-state index in [1.165, 1.54) is 37.2 Å². The van der Waals surface area contributed by atoms with Gasteiger partial charge < -0.3 is 10.0 Å². The van der Waals surface area contributed by atoms with Crippen LogP contribution >= 0.6 is 0 Å². The highest BCUT2D eigenvalue weighted by molar-refractivity contribution is 5.92. The average Bonchev–Trinajstić information content (AvgIpc) is 2.96. The van der Waals surface area contributed by atoms with Gasteiger partial charge in [0, 0.05) is 19.0 Å².